The van der Waals surface area contributed by atoms with Gasteiger partial charge >= 0.3 is 0 Å². The quantitative estimate of drug-likeness (QED) is 0.441. The van der Waals surface area contributed by atoms with E-state index in [0.29, 0.717) is 0 Å². The zero-order valence-electron chi connectivity index (χ0n) is 14.6. The third-order valence-electron chi connectivity index (χ3n) is 4.95. The Bertz CT molecular complexity index is 766. The Morgan fingerprint density at radius 1 is 0.739 bits per heavy atom. The molecule has 2 aromatic carbocycles. The number of benzene rings is 2. The monoisotopic (exact) mass is 307 g/mol. The maximum atomic E-state index is 3.79. The molecule has 0 atom stereocenters. The molecule has 1 nitrogen and oxygen atoms in total. The van der Waals surface area contributed by atoms with E-state index in [1.54, 1.807) is 5.56 Å². The predicted octanol–water partition coefficient (Wildman–Crippen LogP) is 6.79. The summed E-state index contributed by atoms with van der Waals surface area (Å²) in [5.41, 5.74) is 4.41. The molecule has 1 aromatic heterocycles. The first-order valence-electron chi connectivity index (χ1n) is 9.36. The molecule has 3 rings (SSSR count). The second kappa shape index (κ2) is 7.68. The van der Waals surface area contributed by atoms with E-state index < -0.39 is 0 Å². The predicted molar refractivity (Wildman–Crippen MR) is 102 cm³/mol. The van der Waals surface area contributed by atoms with Gasteiger partial charge in [0.1, 0.15) is 0 Å². The molecule has 0 amide bonds. The van der Waals surface area contributed by atoms with Gasteiger partial charge in [-0.25, -0.2) is 0 Å². The minimum absolute atomic E-state index is 1.19. The highest BCUT2D eigenvalue weighted by molar-refractivity contribution is 6.07. The normalized spacial score (nSPS) is 11.6. The van der Waals surface area contributed by atoms with Gasteiger partial charge in [0.2, 0.25) is 0 Å². The third kappa shape index (κ3) is 3.44. The van der Waals surface area contributed by atoms with Gasteiger partial charge in [-0.1, -0.05) is 75.9 Å². The molecular formula is C22H29N. The minimum Gasteiger partial charge on any atom is -0.358 e. The maximum absolute atomic E-state index is 3.79. The fourth-order valence-corrected chi connectivity index (χ4v) is 3.65. The number of rotatable bonds is 8. The number of unbranched alkanes of at least 4 members (excludes halogenated alkanes) is 4. The Labute approximate surface area is 140 Å². The van der Waals surface area contributed by atoms with Crippen molar-refractivity contribution in [2.45, 2.75) is 65.2 Å². The van der Waals surface area contributed by atoms with Gasteiger partial charge in [0.15, 0.2) is 0 Å². The second-order valence-corrected chi connectivity index (χ2v) is 6.71. The highest BCUT2D eigenvalue weighted by Gasteiger charge is 2.13. The number of aromatic amines is 1. The fourth-order valence-electron chi connectivity index (χ4n) is 3.65. The SMILES string of the molecule is CCCCCc1[nH]c2c(ccc3ccccc32)c1CCCCC. The number of aryl methyl sites for hydroxylation is 2. The van der Waals surface area contributed by atoms with Crippen LogP contribution in [0, 0.1) is 0 Å². The Morgan fingerprint density at radius 2 is 1.48 bits per heavy atom. The van der Waals surface area contributed by atoms with Gasteiger partial charge in [-0.3, -0.25) is 0 Å². The van der Waals surface area contributed by atoms with E-state index >= 15 is 0 Å². The van der Waals surface area contributed by atoms with Crippen molar-refractivity contribution in [2.75, 3.05) is 0 Å². The lowest BCUT2D eigenvalue weighted by molar-refractivity contribution is 0.690. The van der Waals surface area contributed by atoms with Crippen molar-refractivity contribution in [3.8, 4) is 0 Å². The van der Waals surface area contributed by atoms with Crippen molar-refractivity contribution in [1.29, 1.82) is 0 Å². The highest BCUT2D eigenvalue weighted by Crippen LogP contribution is 2.31. The van der Waals surface area contributed by atoms with Crippen LogP contribution in [0.2, 0.25) is 0 Å². The lowest BCUT2D eigenvalue weighted by Crippen LogP contribution is -1.93. The molecule has 0 fully saturated rings. The van der Waals surface area contributed by atoms with E-state index in [-0.39, 0.29) is 0 Å². The first-order chi connectivity index (χ1) is 11.3. The van der Waals surface area contributed by atoms with Crippen molar-refractivity contribution in [1.82, 2.24) is 4.98 Å². The van der Waals surface area contributed by atoms with Crippen molar-refractivity contribution < 1.29 is 0 Å². The summed E-state index contributed by atoms with van der Waals surface area (Å²) in [7, 11) is 0. The van der Waals surface area contributed by atoms with Crippen LogP contribution >= 0.6 is 0 Å². The van der Waals surface area contributed by atoms with Crippen molar-refractivity contribution in [3.05, 3.63) is 47.7 Å². The van der Waals surface area contributed by atoms with E-state index in [9.17, 15) is 0 Å². The largest absolute Gasteiger partial charge is 0.358 e. The van der Waals surface area contributed by atoms with Crippen LogP contribution in [0.4, 0.5) is 0 Å². The molecule has 0 aliphatic rings. The number of H-pyrrole nitrogens is 1. The van der Waals surface area contributed by atoms with E-state index in [4.69, 9.17) is 0 Å². The maximum Gasteiger partial charge on any atom is 0.0538 e. The average Bonchev–Trinajstić information content (AvgIpc) is 2.94. The molecule has 3 aromatic rings. The molecule has 23 heavy (non-hydrogen) atoms. The van der Waals surface area contributed by atoms with Gasteiger partial charge in [0.05, 0.1) is 5.52 Å². The first kappa shape index (κ1) is 16.1. The van der Waals surface area contributed by atoms with Crippen molar-refractivity contribution in [3.63, 3.8) is 0 Å². The second-order valence-electron chi connectivity index (χ2n) is 6.71. The number of nitrogens with one attached hydrogen (secondary N) is 1. The van der Waals surface area contributed by atoms with Crippen molar-refractivity contribution in [2.24, 2.45) is 0 Å². The highest BCUT2D eigenvalue weighted by atomic mass is 14.7. The molecule has 0 aliphatic heterocycles. The first-order valence-corrected chi connectivity index (χ1v) is 9.36. The number of aromatic nitrogens is 1. The van der Waals surface area contributed by atoms with Gasteiger partial charge in [0, 0.05) is 16.5 Å². The summed E-state index contributed by atoms with van der Waals surface area (Å²) in [6, 6.07) is 13.4. The lowest BCUT2D eigenvalue weighted by atomic mass is 9.99. The van der Waals surface area contributed by atoms with Gasteiger partial charge in [-0.05, 0) is 36.6 Å². The van der Waals surface area contributed by atoms with Crippen LogP contribution in [0.1, 0.15) is 63.6 Å². The molecule has 122 valence electrons. The van der Waals surface area contributed by atoms with Gasteiger partial charge in [0.25, 0.3) is 0 Å². The summed E-state index contributed by atoms with van der Waals surface area (Å²) in [5.74, 6) is 0. The van der Waals surface area contributed by atoms with Gasteiger partial charge in [-0.2, -0.15) is 0 Å². The summed E-state index contributed by atoms with van der Waals surface area (Å²) in [5, 5.41) is 4.15. The molecule has 0 aliphatic carbocycles. The standard InChI is InChI=1S/C22H29N/c1-3-5-7-13-19-20-16-15-17-11-9-10-12-18(17)22(20)23-21(19)14-8-6-4-2/h9-12,15-16,23H,3-8,13-14H2,1-2H3. The molecule has 1 heterocycles. The van der Waals surface area contributed by atoms with Crippen molar-refractivity contribution >= 4 is 21.7 Å². The Kier molecular flexibility index (Phi) is 5.38. The zero-order chi connectivity index (χ0) is 16.1. The Morgan fingerprint density at radius 3 is 2.26 bits per heavy atom. The summed E-state index contributed by atoms with van der Waals surface area (Å²) in [4.78, 5) is 3.79. The summed E-state index contributed by atoms with van der Waals surface area (Å²) < 4.78 is 0. The topological polar surface area (TPSA) is 15.8 Å². The molecular weight excluding hydrogens is 278 g/mol. The minimum atomic E-state index is 1.19. The summed E-state index contributed by atoms with van der Waals surface area (Å²) in [6.07, 6.45) is 10.2. The van der Waals surface area contributed by atoms with E-state index in [0.717, 1.165) is 0 Å². The summed E-state index contributed by atoms with van der Waals surface area (Å²) >= 11 is 0. The van der Waals surface area contributed by atoms with E-state index in [1.807, 2.05) is 0 Å². The number of hydrogen-bond donors (Lipinski definition) is 1. The van der Waals surface area contributed by atoms with E-state index in [1.165, 1.54) is 78.7 Å². The molecule has 0 bridgehead atoms. The van der Waals surface area contributed by atoms with Crippen LogP contribution in [0.25, 0.3) is 21.7 Å². The lowest BCUT2D eigenvalue weighted by Gasteiger charge is -2.05. The van der Waals surface area contributed by atoms with Gasteiger partial charge in [-0.15, -0.1) is 0 Å². The summed E-state index contributed by atoms with van der Waals surface area (Å²) in [6.45, 7) is 4.56. The molecule has 1 heteroatoms. The number of fused-ring (bicyclic) bond motifs is 3. The molecule has 0 unspecified atom stereocenters. The molecule has 0 saturated heterocycles. The Hall–Kier alpha value is -1.76. The van der Waals surface area contributed by atoms with E-state index in [2.05, 4.69) is 55.2 Å². The molecule has 0 saturated carbocycles. The fraction of sp³-hybridized carbons (Fsp3) is 0.455. The van der Waals surface area contributed by atoms with Crippen LogP contribution in [-0.2, 0) is 12.8 Å². The number of hydrogen-bond acceptors (Lipinski definition) is 0. The van der Waals surface area contributed by atoms with Crippen LogP contribution in [0.5, 0.6) is 0 Å². The molecule has 0 radical (unpaired) electrons. The van der Waals surface area contributed by atoms with Crippen LogP contribution in [0.15, 0.2) is 36.4 Å². The van der Waals surface area contributed by atoms with Crippen LogP contribution < -0.4 is 0 Å². The molecule has 0 spiro atoms. The van der Waals surface area contributed by atoms with Crippen LogP contribution in [-0.4, -0.2) is 4.98 Å². The smallest absolute Gasteiger partial charge is 0.0538 e. The molecule has 1 N–H and O–H groups in total. The van der Waals surface area contributed by atoms with Crippen LogP contribution in [0.3, 0.4) is 0 Å². The zero-order valence-corrected chi connectivity index (χ0v) is 14.6. The Balaban J connectivity index is 2.03. The average molecular weight is 307 g/mol. The van der Waals surface area contributed by atoms with Gasteiger partial charge < -0.3 is 4.98 Å². The third-order valence-corrected chi connectivity index (χ3v) is 4.95.